The van der Waals surface area contributed by atoms with Gasteiger partial charge in [-0.3, -0.25) is 13.9 Å². The van der Waals surface area contributed by atoms with E-state index in [1.165, 1.54) is 17.0 Å². The quantitative estimate of drug-likeness (QED) is 0.149. The van der Waals surface area contributed by atoms with Crippen LogP contribution < -0.4 is 14.4 Å². The van der Waals surface area contributed by atoms with Crippen molar-refractivity contribution in [2.24, 2.45) is 0 Å². The number of nitrogens with one attached hydrogen (secondary N) is 1. The van der Waals surface area contributed by atoms with Gasteiger partial charge >= 0.3 is 0 Å². The Morgan fingerprint density at radius 2 is 1.46 bits per heavy atom. The number of ether oxygens (including phenoxy) is 1. The molecule has 48 heavy (non-hydrogen) atoms. The van der Waals surface area contributed by atoms with Crippen LogP contribution in [0.15, 0.2) is 108 Å². The van der Waals surface area contributed by atoms with Crippen LogP contribution >= 0.6 is 23.2 Å². The lowest BCUT2D eigenvalue weighted by molar-refractivity contribution is -0.140. The van der Waals surface area contributed by atoms with Crippen LogP contribution in [0.3, 0.4) is 0 Å². The maximum absolute atomic E-state index is 14.7. The lowest BCUT2D eigenvalue weighted by Crippen LogP contribution is -2.54. The van der Waals surface area contributed by atoms with Crippen molar-refractivity contribution in [2.45, 2.75) is 62.6 Å². The monoisotopic (exact) mass is 707 g/mol. The van der Waals surface area contributed by atoms with Gasteiger partial charge in [0, 0.05) is 34.6 Å². The Morgan fingerprint density at radius 3 is 2.06 bits per heavy atom. The van der Waals surface area contributed by atoms with E-state index in [-0.39, 0.29) is 35.5 Å². The molecule has 4 aromatic carbocycles. The number of rotatable bonds is 14. The van der Waals surface area contributed by atoms with Crippen molar-refractivity contribution in [1.29, 1.82) is 0 Å². The summed E-state index contributed by atoms with van der Waals surface area (Å²) in [6, 6.07) is 27.9. The average Bonchev–Trinajstić information content (AvgIpc) is 3.60. The summed E-state index contributed by atoms with van der Waals surface area (Å²) < 4.78 is 35.0. The summed E-state index contributed by atoms with van der Waals surface area (Å²) in [6.07, 6.45) is 3.94. The van der Waals surface area contributed by atoms with Gasteiger partial charge in [0.2, 0.25) is 11.8 Å². The molecule has 4 aromatic rings. The molecule has 1 N–H and O–H groups in total. The Bertz CT molecular complexity index is 1760. The molecule has 1 aliphatic carbocycles. The number of carbonyl (C=O) groups is 2. The smallest absolute Gasteiger partial charge is 0.264 e. The molecule has 5 rings (SSSR count). The van der Waals surface area contributed by atoms with Gasteiger partial charge in [0.15, 0.2) is 0 Å². The molecule has 0 aromatic heterocycles. The first-order valence-corrected chi connectivity index (χ1v) is 18.2. The fourth-order valence-corrected chi connectivity index (χ4v) is 7.85. The van der Waals surface area contributed by atoms with Crippen LogP contribution in [-0.2, 0) is 32.6 Å². The van der Waals surface area contributed by atoms with Crippen LogP contribution in [0.1, 0.15) is 43.7 Å². The Kier molecular flexibility index (Phi) is 12.0. The van der Waals surface area contributed by atoms with Gasteiger partial charge in [0.25, 0.3) is 10.0 Å². The number of benzene rings is 4. The van der Waals surface area contributed by atoms with Gasteiger partial charge in [-0.05, 0) is 73.9 Å². The minimum Gasteiger partial charge on any atom is -0.494 e. The Hall–Kier alpha value is -4.05. The fourth-order valence-electron chi connectivity index (χ4n) is 5.90. The normalized spacial score (nSPS) is 13.9. The second-order valence-corrected chi connectivity index (χ2v) is 14.3. The molecule has 0 radical (unpaired) electrons. The van der Waals surface area contributed by atoms with Gasteiger partial charge in [-0.25, -0.2) is 8.42 Å². The Labute approximate surface area is 292 Å². The molecule has 11 heteroatoms. The number of carbonyl (C=O) groups excluding carboxylic acids is 2. The highest BCUT2D eigenvalue weighted by molar-refractivity contribution is 7.92. The first-order chi connectivity index (χ1) is 23.2. The highest BCUT2D eigenvalue weighted by Gasteiger charge is 2.36. The van der Waals surface area contributed by atoms with Crippen molar-refractivity contribution >= 4 is 50.7 Å². The summed E-state index contributed by atoms with van der Waals surface area (Å²) in [5, 5.41) is 3.82. The van der Waals surface area contributed by atoms with Crippen LogP contribution in [0.4, 0.5) is 5.69 Å². The second-order valence-electron chi connectivity index (χ2n) is 11.7. The van der Waals surface area contributed by atoms with Crippen LogP contribution in [0, 0.1) is 0 Å². The third-order valence-electron chi connectivity index (χ3n) is 8.41. The van der Waals surface area contributed by atoms with Crippen LogP contribution in [0.5, 0.6) is 5.75 Å². The highest BCUT2D eigenvalue weighted by atomic mass is 35.5. The van der Waals surface area contributed by atoms with Crippen molar-refractivity contribution in [3.8, 4) is 5.75 Å². The predicted octanol–water partition coefficient (Wildman–Crippen LogP) is 7.29. The SMILES string of the molecule is CCOc1ccc(N(CC(=O)N(Cc2c(Cl)cccc2Cl)[C@@H](Cc2ccccc2)C(=O)NC2CCCC2)S(=O)(=O)c2ccccc2)cc1. The van der Waals surface area contributed by atoms with Gasteiger partial charge in [0.05, 0.1) is 17.2 Å². The maximum atomic E-state index is 14.7. The first kappa shape index (κ1) is 35.3. The maximum Gasteiger partial charge on any atom is 0.264 e. The van der Waals surface area contributed by atoms with E-state index in [1.807, 2.05) is 37.3 Å². The Morgan fingerprint density at radius 1 is 0.854 bits per heavy atom. The van der Waals surface area contributed by atoms with E-state index in [0.29, 0.717) is 28.0 Å². The number of anilines is 1. The summed E-state index contributed by atoms with van der Waals surface area (Å²) in [5.74, 6) is -0.353. The largest absolute Gasteiger partial charge is 0.494 e. The minimum absolute atomic E-state index is 0.00422. The number of nitrogens with zero attached hydrogens (tertiary/aromatic N) is 2. The molecule has 0 unspecified atom stereocenters. The zero-order valence-electron chi connectivity index (χ0n) is 26.7. The Balaban J connectivity index is 1.58. The second kappa shape index (κ2) is 16.4. The van der Waals surface area contributed by atoms with Crippen molar-refractivity contribution in [3.05, 3.63) is 124 Å². The van der Waals surface area contributed by atoms with Gasteiger partial charge in [0.1, 0.15) is 18.3 Å². The van der Waals surface area contributed by atoms with E-state index in [1.54, 1.807) is 60.7 Å². The number of hydrogen-bond acceptors (Lipinski definition) is 5. The van der Waals surface area contributed by atoms with Crippen LogP contribution in [-0.4, -0.2) is 50.4 Å². The fraction of sp³-hybridized carbons (Fsp3) is 0.297. The minimum atomic E-state index is -4.23. The number of amides is 2. The molecule has 1 fully saturated rings. The number of halogens is 2. The topological polar surface area (TPSA) is 96.0 Å². The molecule has 0 aliphatic heterocycles. The van der Waals surface area contributed by atoms with E-state index < -0.39 is 28.5 Å². The van der Waals surface area contributed by atoms with Gasteiger partial charge in [-0.15, -0.1) is 0 Å². The zero-order valence-corrected chi connectivity index (χ0v) is 29.1. The molecule has 0 saturated heterocycles. The molecular formula is C37H39Cl2N3O5S. The molecule has 1 atom stereocenters. The van der Waals surface area contributed by atoms with E-state index in [9.17, 15) is 18.0 Å². The molecular weight excluding hydrogens is 669 g/mol. The standard InChI is InChI=1S/C37H39Cl2N3O5S/c1-2-47-30-22-20-29(21-23-30)42(48(45,46)31-16-7-4-8-17-31)26-36(43)41(25-32-33(38)18-11-19-34(32)39)35(24-27-12-5-3-6-13-27)37(44)40-28-14-9-10-15-28/h3-8,11-13,16-23,28,35H,2,9-10,14-15,24-26H2,1H3,(H,40,44)/t35-/m0/s1. The molecule has 1 saturated carbocycles. The van der Waals surface area contributed by atoms with Gasteiger partial charge in [-0.1, -0.05) is 90.6 Å². The van der Waals surface area contributed by atoms with E-state index in [0.717, 1.165) is 35.6 Å². The molecule has 1 aliphatic rings. The van der Waals surface area contributed by atoms with E-state index in [4.69, 9.17) is 27.9 Å². The molecule has 8 nitrogen and oxygen atoms in total. The average molecular weight is 709 g/mol. The molecule has 0 spiro atoms. The summed E-state index contributed by atoms with van der Waals surface area (Å²) in [5.41, 5.74) is 1.56. The van der Waals surface area contributed by atoms with E-state index in [2.05, 4.69) is 5.32 Å². The van der Waals surface area contributed by atoms with Crippen LogP contribution in [0.25, 0.3) is 0 Å². The molecule has 0 heterocycles. The van der Waals surface area contributed by atoms with Crippen molar-refractivity contribution in [3.63, 3.8) is 0 Å². The van der Waals surface area contributed by atoms with Crippen LogP contribution in [0.2, 0.25) is 10.0 Å². The number of hydrogen-bond donors (Lipinski definition) is 1. The lowest BCUT2D eigenvalue weighted by Gasteiger charge is -2.34. The summed E-state index contributed by atoms with van der Waals surface area (Å²) in [6.45, 7) is 1.59. The van der Waals surface area contributed by atoms with Crippen molar-refractivity contribution in [1.82, 2.24) is 10.2 Å². The lowest BCUT2D eigenvalue weighted by atomic mass is 10.0. The third kappa shape index (κ3) is 8.69. The first-order valence-electron chi connectivity index (χ1n) is 16.0. The summed E-state index contributed by atoms with van der Waals surface area (Å²) >= 11 is 13.2. The highest BCUT2D eigenvalue weighted by Crippen LogP contribution is 2.30. The molecule has 0 bridgehead atoms. The van der Waals surface area contributed by atoms with Crippen molar-refractivity contribution < 1.29 is 22.7 Å². The third-order valence-corrected chi connectivity index (χ3v) is 10.9. The zero-order chi connectivity index (χ0) is 34.1. The van der Waals surface area contributed by atoms with E-state index >= 15 is 0 Å². The summed E-state index contributed by atoms with van der Waals surface area (Å²) in [4.78, 5) is 30.3. The number of sulfonamides is 1. The summed E-state index contributed by atoms with van der Waals surface area (Å²) in [7, 11) is -4.23. The molecule has 252 valence electrons. The van der Waals surface area contributed by atoms with Gasteiger partial charge in [-0.2, -0.15) is 0 Å². The molecule has 2 amide bonds. The van der Waals surface area contributed by atoms with Crippen molar-refractivity contribution in [2.75, 3.05) is 17.5 Å². The predicted molar refractivity (Wildman–Crippen MR) is 190 cm³/mol. The van der Waals surface area contributed by atoms with Gasteiger partial charge < -0.3 is 15.0 Å².